The second-order valence-corrected chi connectivity index (χ2v) is 5.53. The molecule has 1 aromatic heterocycles. The number of para-hydroxylation sites is 1. The number of aromatic nitrogens is 1. The molecule has 0 saturated heterocycles. The van der Waals surface area contributed by atoms with E-state index in [1.54, 1.807) is 0 Å². The Balaban J connectivity index is 1.91. The molecule has 2 amide bonds. The minimum absolute atomic E-state index is 0.430. The minimum Gasteiger partial charge on any atom is -0.347 e. The number of likely N-dealkylation sites (N-methyl/N-ethyl adjacent to an activating group) is 1. The molecule has 2 rings (SSSR count). The molecule has 0 atom stereocenters. The molecular weight excluding hydrogens is 276 g/mol. The van der Waals surface area contributed by atoms with E-state index in [0.29, 0.717) is 18.2 Å². The lowest BCUT2D eigenvalue weighted by molar-refractivity contribution is -0.136. The number of carbonyl (C=O) groups excluding carboxylic acids is 2. The molecule has 2 aromatic rings. The summed E-state index contributed by atoms with van der Waals surface area (Å²) in [6, 6.07) is 7.56. The van der Waals surface area contributed by atoms with Gasteiger partial charge < -0.3 is 10.2 Å². The molecule has 6 nitrogen and oxygen atoms in total. The summed E-state index contributed by atoms with van der Waals surface area (Å²) in [4.78, 5) is 29.4. The average Bonchev–Trinajstić information content (AvgIpc) is 2.80. The smallest absolute Gasteiger partial charge is 0.315 e. The number of anilines is 1. The summed E-state index contributed by atoms with van der Waals surface area (Å²) >= 11 is 1.34. The van der Waals surface area contributed by atoms with Gasteiger partial charge in [0.05, 0.1) is 10.2 Å². The number of rotatable bonds is 4. The van der Waals surface area contributed by atoms with Gasteiger partial charge in [0.2, 0.25) is 0 Å². The molecule has 0 unspecified atom stereocenters. The molecule has 0 aliphatic carbocycles. The van der Waals surface area contributed by atoms with E-state index in [1.807, 2.05) is 43.3 Å². The molecule has 1 aromatic carbocycles. The Morgan fingerprint density at radius 1 is 1.25 bits per heavy atom. The van der Waals surface area contributed by atoms with Crippen LogP contribution in [0, 0.1) is 0 Å². The molecule has 0 aliphatic rings. The maximum Gasteiger partial charge on any atom is 0.315 e. The zero-order valence-corrected chi connectivity index (χ0v) is 12.2. The lowest BCUT2D eigenvalue weighted by Crippen LogP contribution is -2.38. The number of nitrogens with one attached hydrogen (secondary N) is 2. The lowest BCUT2D eigenvalue weighted by atomic mass is 10.3. The number of hydrogen-bond acceptors (Lipinski definition) is 5. The fourth-order valence-corrected chi connectivity index (χ4v) is 2.41. The van der Waals surface area contributed by atoms with Crippen LogP contribution in [0.2, 0.25) is 0 Å². The number of carbonyl (C=O) groups is 2. The van der Waals surface area contributed by atoms with Crippen LogP contribution in [0.3, 0.4) is 0 Å². The van der Waals surface area contributed by atoms with Crippen molar-refractivity contribution in [2.45, 2.75) is 0 Å². The van der Waals surface area contributed by atoms with Gasteiger partial charge in [-0.1, -0.05) is 23.5 Å². The van der Waals surface area contributed by atoms with Gasteiger partial charge in [0.25, 0.3) is 0 Å². The number of benzene rings is 1. The van der Waals surface area contributed by atoms with Crippen molar-refractivity contribution in [1.82, 2.24) is 15.2 Å². The Bertz CT molecular complexity index is 591. The summed E-state index contributed by atoms with van der Waals surface area (Å²) in [7, 11) is 3.79. The second-order valence-electron chi connectivity index (χ2n) is 4.50. The summed E-state index contributed by atoms with van der Waals surface area (Å²) in [6.07, 6.45) is 0. The SMILES string of the molecule is CN(C)CCNC(=O)C(=O)Nc1nc2ccccc2s1. The first-order chi connectivity index (χ1) is 9.56. The van der Waals surface area contributed by atoms with Crippen LogP contribution in [-0.4, -0.2) is 48.9 Å². The average molecular weight is 292 g/mol. The van der Waals surface area contributed by atoms with Gasteiger partial charge in [-0.25, -0.2) is 4.98 Å². The molecule has 20 heavy (non-hydrogen) atoms. The minimum atomic E-state index is -0.692. The van der Waals surface area contributed by atoms with Gasteiger partial charge in [-0.05, 0) is 26.2 Å². The van der Waals surface area contributed by atoms with Crippen LogP contribution in [0.5, 0.6) is 0 Å². The van der Waals surface area contributed by atoms with Crippen molar-refractivity contribution >= 4 is 38.5 Å². The van der Waals surface area contributed by atoms with Gasteiger partial charge >= 0.3 is 11.8 Å². The van der Waals surface area contributed by atoms with Crippen molar-refractivity contribution in [3.63, 3.8) is 0 Å². The zero-order valence-electron chi connectivity index (χ0n) is 11.3. The Morgan fingerprint density at radius 3 is 2.70 bits per heavy atom. The van der Waals surface area contributed by atoms with Crippen LogP contribution < -0.4 is 10.6 Å². The Kier molecular flexibility index (Phi) is 4.65. The third-order valence-corrected chi connectivity index (χ3v) is 3.52. The van der Waals surface area contributed by atoms with E-state index in [1.165, 1.54) is 11.3 Å². The normalized spacial score (nSPS) is 10.8. The van der Waals surface area contributed by atoms with Gasteiger partial charge in [0, 0.05) is 13.1 Å². The van der Waals surface area contributed by atoms with E-state index in [-0.39, 0.29) is 0 Å². The maximum absolute atomic E-state index is 11.7. The molecule has 106 valence electrons. The van der Waals surface area contributed by atoms with E-state index in [2.05, 4.69) is 15.6 Å². The Labute approximate surface area is 120 Å². The highest BCUT2D eigenvalue weighted by atomic mass is 32.1. The summed E-state index contributed by atoms with van der Waals surface area (Å²) < 4.78 is 0.968. The van der Waals surface area contributed by atoms with Crippen molar-refractivity contribution in [3.8, 4) is 0 Å². The highest BCUT2D eigenvalue weighted by Gasteiger charge is 2.15. The molecule has 0 saturated carbocycles. The predicted octanol–water partition coefficient (Wildman–Crippen LogP) is 0.913. The van der Waals surface area contributed by atoms with Gasteiger partial charge in [-0.15, -0.1) is 0 Å². The standard InChI is InChI=1S/C13H16N4O2S/c1-17(2)8-7-14-11(18)12(19)16-13-15-9-5-3-4-6-10(9)20-13/h3-6H,7-8H2,1-2H3,(H,14,18)(H,15,16,19). The van der Waals surface area contributed by atoms with Crippen molar-refractivity contribution < 1.29 is 9.59 Å². The van der Waals surface area contributed by atoms with Gasteiger partial charge in [-0.3, -0.25) is 14.9 Å². The highest BCUT2D eigenvalue weighted by Crippen LogP contribution is 2.25. The van der Waals surface area contributed by atoms with Crippen LogP contribution in [0.4, 0.5) is 5.13 Å². The topological polar surface area (TPSA) is 74.3 Å². The van der Waals surface area contributed by atoms with E-state index in [4.69, 9.17) is 0 Å². The van der Waals surface area contributed by atoms with Gasteiger partial charge in [-0.2, -0.15) is 0 Å². The first-order valence-electron chi connectivity index (χ1n) is 6.16. The number of amides is 2. The zero-order chi connectivity index (χ0) is 14.5. The van der Waals surface area contributed by atoms with Crippen LogP contribution in [0.25, 0.3) is 10.2 Å². The number of hydrogen-bond donors (Lipinski definition) is 2. The molecule has 0 bridgehead atoms. The maximum atomic E-state index is 11.7. The number of fused-ring (bicyclic) bond motifs is 1. The molecule has 2 N–H and O–H groups in total. The molecule has 7 heteroatoms. The molecule has 1 heterocycles. The summed E-state index contributed by atoms with van der Waals surface area (Å²) in [5.41, 5.74) is 0.806. The number of nitrogens with zero attached hydrogens (tertiary/aromatic N) is 2. The highest BCUT2D eigenvalue weighted by molar-refractivity contribution is 7.22. The van der Waals surface area contributed by atoms with Crippen molar-refractivity contribution in [2.75, 3.05) is 32.5 Å². The fourth-order valence-electron chi connectivity index (χ4n) is 1.55. The second kappa shape index (κ2) is 6.44. The summed E-state index contributed by atoms with van der Waals surface area (Å²) in [5.74, 6) is -1.34. The first kappa shape index (κ1) is 14.4. The summed E-state index contributed by atoms with van der Waals surface area (Å²) in [5, 5.41) is 5.49. The van der Waals surface area contributed by atoms with Crippen molar-refractivity contribution in [3.05, 3.63) is 24.3 Å². The molecule has 0 aliphatic heterocycles. The van der Waals surface area contributed by atoms with Crippen molar-refractivity contribution in [2.24, 2.45) is 0 Å². The van der Waals surface area contributed by atoms with E-state index >= 15 is 0 Å². The van der Waals surface area contributed by atoms with E-state index < -0.39 is 11.8 Å². The number of thiazole rings is 1. The first-order valence-corrected chi connectivity index (χ1v) is 6.97. The molecule has 0 spiro atoms. The molecule has 0 fully saturated rings. The van der Waals surface area contributed by atoms with Gasteiger partial charge in [0.15, 0.2) is 5.13 Å². The van der Waals surface area contributed by atoms with Crippen molar-refractivity contribution in [1.29, 1.82) is 0 Å². The van der Waals surface area contributed by atoms with E-state index in [0.717, 1.165) is 10.2 Å². The molecule has 0 radical (unpaired) electrons. The van der Waals surface area contributed by atoms with Crippen LogP contribution >= 0.6 is 11.3 Å². The quantitative estimate of drug-likeness (QED) is 0.822. The fraction of sp³-hybridized carbons (Fsp3) is 0.308. The summed E-state index contributed by atoms with van der Waals surface area (Å²) in [6.45, 7) is 1.11. The monoisotopic (exact) mass is 292 g/mol. The lowest BCUT2D eigenvalue weighted by Gasteiger charge is -2.09. The Morgan fingerprint density at radius 2 is 2.00 bits per heavy atom. The molecular formula is C13H16N4O2S. The third-order valence-electron chi connectivity index (χ3n) is 2.57. The largest absolute Gasteiger partial charge is 0.347 e. The van der Waals surface area contributed by atoms with Crippen LogP contribution in [-0.2, 0) is 9.59 Å². The van der Waals surface area contributed by atoms with Gasteiger partial charge in [0.1, 0.15) is 0 Å². The Hall–Kier alpha value is -1.99. The van der Waals surface area contributed by atoms with E-state index in [9.17, 15) is 9.59 Å². The predicted molar refractivity (Wildman–Crippen MR) is 79.8 cm³/mol. The van der Waals surface area contributed by atoms with Crippen LogP contribution in [0.15, 0.2) is 24.3 Å². The third kappa shape index (κ3) is 3.75. The van der Waals surface area contributed by atoms with Crippen LogP contribution in [0.1, 0.15) is 0 Å².